The number of nitrogens with one attached hydrogen (secondary N) is 1. The molecule has 4 rings (SSSR count). The first-order valence-corrected chi connectivity index (χ1v) is 8.80. The number of hydrogen-bond donors (Lipinski definition) is 1. The van der Waals surface area contributed by atoms with Crippen molar-refractivity contribution in [2.75, 3.05) is 5.32 Å². The molecule has 0 saturated carbocycles. The molecule has 1 amide bonds. The lowest BCUT2D eigenvalue weighted by Crippen LogP contribution is -2.12. The van der Waals surface area contributed by atoms with Gasteiger partial charge in [0.15, 0.2) is 5.76 Å². The summed E-state index contributed by atoms with van der Waals surface area (Å²) in [5, 5.41) is 6.78. The summed E-state index contributed by atoms with van der Waals surface area (Å²) in [6.45, 7) is 0. The normalized spacial score (nSPS) is 12.8. The molecule has 0 atom stereocenters. The van der Waals surface area contributed by atoms with Gasteiger partial charge in [-0.15, -0.1) is 0 Å². The van der Waals surface area contributed by atoms with Gasteiger partial charge in [-0.2, -0.15) is 0 Å². The average Bonchev–Trinajstić information content (AvgIpc) is 3.29. The Hall–Kier alpha value is -2.95. The highest BCUT2D eigenvalue weighted by Gasteiger charge is 2.14. The number of fused-ring (bicyclic) bond motifs is 1. The lowest BCUT2D eigenvalue weighted by molar-refractivity contribution is -0.116. The van der Waals surface area contributed by atoms with Crippen molar-refractivity contribution in [2.45, 2.75) is 32.1 Å². The summed E-state index contributed by atoms with van der Waals surface area (Å²) in [5.74, 6) is 0.230. The van der Waals surface area contributed by atoms with Crippen LogP contribution >= 0.6 is 0 Å². The number of anilines is 1. The minimum atomic E-state index is -0.302. The lowest BCUT2D eigenvalue weighted by atomic mass is 10.1. The predicted molar refractivity (Wildman–Crippen MR) is 97.3 cm³/mol. The minimum Gasteiger partial charge on any atom is -0.356 e. The van der Waals surface area contributed by atoms with Gasteiger partial charge in [-0.05, 0) is 73.2 Å². The molecule has 0 fully saturated rings. The van der Waals surface area contributed by atoms with E-state index >= 15 is 0 Å². The maximum absolute atomic E-state index is 13.1. The number of aryl methyl sites for hydroxylation is 3. The van der Waals surface area contributed by atoms with Crippen LogP contribution in [0.2, 0.25) is 0 Å². The van der Waals surface area contributed by atoms with Crippen LogP contribution in [0.15, 0.2) is 53.2 Å². The molecule has 1 aliphatic rings. The average molecular weight is 350 g/mol. The third kappa shape index (κ3) is 3.52. The Balaban J connectivity index is 1.39. The Morgan fingerprint density at radius 2 is 1.92 bits per heavy atom. The van der Waals surface area contributed by atoms with Crippen LogP contribution in [0, 0.1) is 5.82 Å². The second-order valence-electron chi connectivity index (χ2n) is 6.57. The number of aromatic nitrogens is 1. The third-order valence-corrected chi connectivity index (χ3v) is 4.75. The molecule has 0 radical (unpaired) electrons. The molecule has 1 aliphatic carbocycles. The van der Waals surface area contributed by atoms with Gasteiger partial charge in [0.2, 0.25) is 5.91 Å². The number of amides is 1. The zero-order chi connectivity index (χ0) is 17.9. The second-order valence-corrected chi connectivity index (χ2v) is 6.57. The van der Waals surface area contributed by atoms with Crippen molar-refractivity contribution in [1.82, 2.24) is 5.16 Å². The molecule has 0 spiro atoms. The third-order valence-electron chi connectivity index (χ3n) is 4.75. The van der Waals surface area contributed by atoms with Crippen LogP contribution in [0.4, 0.5) is 10.1 Å². The summed E-state index contributed by atoms with van der Waals surface area (Å²) >= 11 is 0. The number of carbonyl (C=O) groups excluding carboxylic acids is 1. The summed E-state index contributed by atoms with van der Waals surface area (Å²) in [6.07, 6.45) is 5.84. The molecule has 132 valence electrons. The van der Waals surface area contributed by atoms with Crippen LogP contribution in [-0.4, -0.2) is 11.1 Å². The summed E-state index contributed by atoms with van der Waals surface area (Å²) in [5.41, 5.74) is 5.15. The van der Waals surface area contributed by atoms with Crippen molar-refractivity contribution in [3.63, 3.8) is 0 Å². The van der Waals surface area contributed by atoms with E-state index < -0.39 is 0 Å². The maximum Gasteiger partial charge on any atom is 0.224 e. The molecule has 1 heterocycles. The van der Waals surface area contributed by atoms with Gasteiger partial charge in [0.25, 0.3) is 0 Å². The highest BCUT2D eigenvalue weighted by atomic mass is 19.1. The molecule has 3 aromatic rings. The fourth-order valence-electron chi connectivity index (χ4n) is 3.40. The Morgan fingerprint density at radius 1 is 1.12 bits per heavy atom. The van der Waals surface area contributed by atoms with Crippen LogP contribution in [0.1, 0.15) is 29.5 Å². The number of halogens is 1. The Bertz CT molecular complexity index is 931. The van der Waals surface area contributed by atoms with E-state index in [4.69, 9.17) is 4.52 Å². The molecule has 0 saturated heterocycles. The van der Waals surface area contributed by atoms with E-state index in [1.165, 1.54) is 29.7 Å². The van der Waals surface area contributed by atoms with E-state index in [2.05, 4.69) is 22.6 Å². The van der Waals surface area contributed by atoms with Crippen molar-refractivity contribution in [1.29, 1.82) is 0 Å². The fraction of sp³-hybridized carbons (Fsp3) is 0.238. The molecule has 0 unspecified atom stereocenters. The van der Waals surface area contributed by atoms with E-state index in [9.17, 15) is 9.18 Å². The maximum atomic E-state index is 13.1. The van der Waals surface area contributed by atoms with Gasteiger partial charge in [0.05, 0.1) is 6.20 Å². The van der Waals surface area contributed by atoms with Crippen LogP contribution in [-0.2, 0) is 24.1 Å². The van der Waals surface area contributed by atoms with Crippen LogP contribution < -0.4 is 5.32 Å². The second kappa shape index (κ2) is 7.12. The van der Waals surface area contributed by atoms with Gasteiger partial charge in [-0.25, -0.2) is 4.39 Å². The van der Waals surface area contributed by atoms with Crippen LogP contribution in [0.25, 0.3) is 11.3 Å². The van der Waals surface area contributed by atoms with Gasteiger partial charge in [0.1, 0.15) is 5.82 Å². The van der Waals surface area contributed by atoms with Crippen molar-refractivity contribution in [2.24, 2.45) is 0 Å². The lowest BCUT2D eigenvalue weighted by Gasteiger charge is -2.07. The molecular weight excluding hydrogens is 331 g/mol. The SMILES string of the molecule is O=C(CCc1cnoc1-c1ccc(F)cc1)Nc1ccc2c(c1)CCC2. The summed E-state index contributed by atoms with van der Waals surface area (Å²) in [4.78, 5) is 12.3. The zero-order valence-corrected chi connectivity index (χ0v) is 14.3. The molecule has 1 aromatic heterocycles. The summed E-state index contributed by atoms with van der Waals surface area (Å²) in [6, 6.07) is 12.2. The topological polar surface area (TPSA) is 55.1 Å². The van der Waals surface area contributed by atoms with E-state index in [0.29, 0.717) is 18.6 Å². The van der Waals surface area contributed by atoms with Crippen LogP contribution in [0.5, 0.6) is 0 Å². The monoisotopic (exact) mass is 350 g/mol. The highest BCUT2D eigenvalue weighted by molar-refractivity contribution is 5.91. The number of nitrogens with zero attached hydrogens (tertiary/aromatic N) is 1. The van der Waals surface area contributed by atoms with Gasteiger partial charge < -0.3 is 9.84 Å². The van der Waals surface area contributed by atoms with Crippen molar-refractivity contribution >= 4 is 11.6 Å². The molecule has 0 bridgehead atoms. The molecule has 2 aromatic carbocycles. The molecule has 0 aliphatic heterocycles. The van der Waals surface area contributed by atoms with E-state index in [-0.39, 0.29) is 11.7 Å². The fourth-order valence-corrected chi connectivity index (χ4v) is 3.40. The molecular formula is C21H19FN2O2. The van der Waals surface area contributed by atoms with E-state index in [1.54, 1.807) is 18.3 Å². The molecule has 5 heteroatoms. The first-order chi connectivity index (χ1) is 12.7. The van der Waals surface area contributed by atoms with Gasteiger partial charge in [-0.1, -0.05) is 11.2 Å². The first kappa shape index (κ1) is 16.5. The highest BCUT2D eigenvalue weighted by Crippen LogP contribution is 2.26. The number of hydrogen-bond acceptors (Lipinski definition) is 3. The van der Waals surface area contributed by atoms with Crippen molar-refractivity contribution in [3.05, 3.63) is 71.2 Å². The molecule has 1 N–H and O–H groups in total. The molecule has 26 heavy (non-hydrogen) atoms. The van der Waals surface area contributed by atoms with Crippen molar-refractivity contribution < 1.29 is 13.7 Å². The first-order valence-electron chi connectivity index (χ1n) is 8.80. The quantitative estimate of drug-likeness (QED) is 0.735. The number of benzene rings is 2. The molecule has 4 nitrogen and oxygen atoms in total. The smallest absolute Gasteiger partial charge is 0.224 e. The van der Waals surface area contributed by atoms with E-state index in [0.717, 1.165) is 29.7 Å². The van der Waals surface area contributed by atoms with Gasteiger partial charge >= 0.3 is 0 Å². The standard InChI is InChI=1S/C21H19FN2O2/c22-18-8-4-15(5-9-18)21-17(13-23-26-21)7-11-20(25)24-19-10-6-14-2-1-3-16(14)12-19/h4-6,8-10,12-13H,1-3,7,11H2,(H,24,25). The van der Waals surface area contributed by atoms with Crippen LogP contribution in [0.3, 0.4) is 0 Å². The largest absolute Gasteiger partial charge is 0.356 e. The Labute approximate surface area is 151 Å². The minimum absolute atomic E-state index is 0.0470. The van der Waals surface area contributed by atoms with Crippen molar-refractivity contribution in [3.8, 4) is 11.3 Å². The number of carbonyl (C=O) groups is 1. The Kier molecular flexibility index (Phi) is 4.52. The van der Waals surface area contributed by atoms with E-state index in [1.807, 2.05) is 6.07 Å². The summed E-state index contributed by atoms with van der Waals surface area (Å²) in [7, 11) is 0. The van der Waals surface area contributed by atoms with Gasteiger partial charge in [-0.3, -0.25) is 4.79 Å². The zero-order valence-electron chi connectivity index (χ0n) is 14.3. The van der Waals surface area contributed by atoms with Gasteiger partial charge in [0, 0.05) is 23.2 Å². The summed E-state index contributed by atoms with van der Waals surface area (Å²) < 4.78 is 18.4. The Morgan fingerprint density at radius 3 is 2.77 bits per heavy atom. The predicted octanol–water partition coefficient (Wildman–Crippen LogP) is 4.54. The number of rotatable bonds is 5.